The van der Waals surface area contributed by atoms with Crippen molar-refractivity contribution in [3.8, 4) is 0 Å². The SMILES string of the molecule is CCCCCCCCCCCCC/C=C/C(O)C(COC1OC(CO)C(O)C(OS(=O)(=O)O)C1O)NC(=O)C(O)CCCCCCCCCCCCCCCCCCCCCCC. The van der Waals surface area contributed by atoms with E-state index in [2.05, 4.69) is 23.3 Å². The van der Waals surface area contributed by atoms with E-state index < -0.39 is 78.5 Å². The van der Waals surface area contributed by atoms with Crippen molar-refractivity contribution in [1.82, 2.24) is 5.32 Å². The van der Waals surface area contributed by atoms with Crippen molar-refractivity contribution >= 4 is 16.3 Å². The Morgan fingerprint density at radius 1 is 0.635 bits per heavy atom. The number of nitrogens with one attached hydrogen (secondary N) is 1. The summed E-state index contributed by atoms with van der Waals surface area (Å²) in [6.07, 6.45) is 32.9. The fraction of sp³-hybridized carbons (Fsp3) is 0.939. The Labute approximate surface area is 383 Å². The van der Waals surface area contributed by atoms with Crippen LogP contribution in [0.2, 0.25) is 0 Å². The summed E-state index contributed by atoms with van der Waals surface area (Å²) in [7, 11) is -5.12. The normalized spacial score (nSPS) is 20.9. The number of aliphatic hydroxyl groups excluding tert-OH is 5. The molecule has 0 spiro atoms. The summed E-state index contributed by atoms with van der Waals surface area (Å²) in [6.45, 7) is 3.24. The van der Waals surface area contributed by atoms with Gasteiger partial charge in [0.2, 0.25) is 5.91 Å². The number of allylic oxidation sites excluding steroid dienone is 1. The molecule has 1 saturated heterocycles. The van der Waals surface area contributed by atoms with Crippen molar-refractivity contribution in [3.63, 3.8) is 0 Å². The molecule has 8 atom stereocenters. The predicted molar refractivity (Wildman–Crippen MR) is 252 cm³/mol. The number of carbonyl (C=O) groups is 1. The standard InChI is InChI=1S/C49H95NO12S/c1-3-5-7-9-11-13-15-17-18-19-20-21-22-23-24-26-28-30-32-34-36-38-43(53)48(56)50-41(42(52)37-35-33-31-29-27-25-16-14-12-10-8-6-4-2)40-60-49-46(55)47(62-63(57,58)59)45(54)44(39-51)61-49/h35,37,41-47,49,51-55H,3-34,36,38-40H2,1-2H3,(H,50,56)(H,57,58,59)/b37-35+. The number of ether oxygens (including phenoxy) is 2. The van der Waals surface area contributed by atoms with E-state index in [0.29, 0.717) is 12.8 Å². The predicted octanol–water partition coefficient (Wildman–Crippen LogP) is 9.70. The highest BCUT2D eigenvalue weighted by molar-refractivity contribution is 7.80. The number of aliphatic hydroxyl groups is 5. The van der Waals surface area contributed by atoms with E-state index in [1.54, 1.807) is 6.08 Å². The van der Waals surface area contributed by atoms with Gasteiger partial charge in [-0.25, -0.2) is 4.18 Å². The summed E-state index contributed by atoms with van der Waals surface area (Å²) in [6, 6.07) is -1.11. The number of rotatable bonds is 44. The molecule has 0 aromatic carbocycles. The monoisotopic (exact) mass is 922 g/mol. The van der Waals surface area contributed by atoms with Crippen LogP contribution in [0.3, 0.4) is 0 Å². The van der Waals surface area contributed by atoms with Gasteiger partial charge >= 0.3 is 10.4 Å². The fourth-order valence-corrected chi connectivity index (χ4v) is 8.85. The van der Waals surface area contributed by atoms with Gasteiger partial charge in [-0.15, -0.1) is 0 Å². The maximum atomic E-state index is 13.1. The molecule has 0 radical (unpaired) electrons. The molecule has 1 aliphatic rings. The summed E-state index contributed by atoms with van der Waals surface area (Å²) >= 11 is 0. The van der Waals surface area contributed by atoms with Gasteiger partial charge in [-0.1, -0.05) is 225 Å². The van der Waals surface area contributed by atoms with Gasteiger partial charge in [-0.3, -0.25) is 9.35 Å². The van der Waals surface area contributed by atoms with Crippen LogP contribution in [0.25, 0.3) is 0 Å². The number of hydrogen-bond donors (Lipinski definition) is 7. The zero-order valence-electron chi connectivity index (χ0n) is 39.8. The van der Waals surface area contributed by atoms with E-state index in [1.807, 2.05) is 6.08 Å². The smallest absolute Gasteiger partial charge is 0.394 e. The first kappa shape index (κ1) is 59.8. The van der Waals surface area contributed by atoms with E-state index in [1.165, 1.54) is 161 Å². The summed E-state index contributed by atoms with van der Waals surface area (Å²) in [4.78, 5) is 13.1. The van der Waals surface area contributed by atoms with Crippen LogP contribution in [-0.4, -0.2) is 107 Å². The number of unbranched alkanes of at least 4 members (excludes halogenated alkanes) is 31. The quantitative estimate of drug-likeness (QED) is 0.0173. The lowest BCUT2D eigenvalue weighted by molar-refractivity contribution is -0.298. The number of carbonyl (C=O) groups excluding carboxylic acids is 1. The highest BCUT2D eigenvalue weighted by Gasteiger charge is 2.48. The molecule has 8 unspecified atom stereocenters. The highest BCUT2D eigenvalue weighted by Crippen LogP contribution is 2.26. The molecule has 0 aromatic rings. The fourth-order valence-electron chi connectivity index (χ4n) is 8.34. The molecular weight excluding hydrogens is 827 g/mol. The summed E-state index contributed by atoms with van der Waals surface area (Å²) < 4.78 is 47.6. The van der Waals surface area contributed by atoms with Crippen LogP contribution in [0.15, 0.2) is 12.2 Å². The van der Waals surface area contributed by atoms with Gasteiger partial charge in [0.05, 0.1) is 25.4 Å². The molecule has 7 N–H and O–H groups in total. The van der Waals surface area contributed by atoms with Crippen molar-refractivity contribution < 1.29 is 57.0 Å². The summed E-state index contributed by atoms with van der Waals surface area (Å²) in [5, 5.41) is 55.3. The zero-order valence-corrected chi connectivity index (χ0v) is 40.6. The third kappa shape index (κ3) is 32.2. The Morgan fingerprint density at radius 3 is 1.43 bits per heavy atom. The molecule has 0 saturated carbocycles. The van der Waals surface area contributed by atoms with Crippen LogP contribution in [0.1, 0.15) is 232 Å². The van der Waals surface area contributed by atoms with Gasteiger partial charge < -0.3 is 40.3 Å². The van der Waals surface area contributed by atoms with Crippen LogP contribution < -0.4 is 5.32 Å². The van der Waals surface area contributed by atoms with Crippen molar-refractivity contribution in [3.05, 3.63) is 12.2 Å². The molecule has 0 aromatic heterocycles. The van der Waals surface area contributed by atoms with Crippen molar-refractivity contribution in [2.45, 2.75) is 281 Å². The minimum absolute atomic E-state index is 0.248. The first-order valence-corrected chi connectivity index (χ1v) is 27.0. The van der Waals surface area contributed by atoms with Gasteiger partial charge in [0, 0.05) is 0 Å². The Balaban J connectivity index is 2.46. The number of hydrogen-bond acceptors (Lipinski definition) is 11. The van der Waals surface area contributed by atoms with Crippen molar-refractivity contribution in [2.75, 3.05) is 13.2 Å². The highest BCUT2D eigenvalue weighted by atomic mass is 32.3. The average molecular weight is 922 g/mol. The van der Waals surface area contributed by atoms with Crippen LogP contribution >= 0.6 is 0 Å². The molecule has 1 heterocycles. The second-order valence-electron chi connectivity index (χ2n) is 18.3. The first-order chi connectivity index (χ1) is 30.4. The second kappa shape index (κ2) is 39.9. The van der Waals surface area contributed by atoms with Gasteiger partial charge in [0.15, 0.2) is 6.29 Å². The molecule has 14 heteroatoms. The molecule has 63 heavy (non-hydrogen) atoms. The van der Waals surface area contributed by atoms with Gasteiger partial charge in [0.1, 0.15) is 30.5 Å². The van der Waals surface area contributed by atoms with Crippen molar-refractivity contribution in [2.24, 2.45) is 0 Å². The largest absolute Gasteiger partial charge is 0.397 e. The molecule has 1 rings (SSSR count). The Bertz CT molecular complexity index is 1190. The van der Waals surface area contributed by atoms with Crippen LogP contribution in [0.4, 0.5) is 0 Å². The molecule has 0 aliphatic carbocycles. The summed E-state index contributed by atoms with van der Waals surface area (Å²) in [5.41, 5.74) is 0. The third-order valence-electron chi connectivity index (χ3n) is 12.4. The van der Waals surface area contributed by atoms with Crippen LogP contribution in [-0.2, 0) is 28.9 Å². The second-order valence-corrected chi connectivity index (χ2v) is 19.3. The Morgan fingerprint density at radius 2 is 1.03 bits per heavy atom. The van der Waals surface area contributed by atoms with Crippen molar-refractivity contribution in [1.29, 1.82) is 0 Å². The van der Waals surface area contributed by atoms with E-state index in [9.17, 15) is 43.3 Å². The molecule has 1 aliphatic heterocycles. The Kier molecular flexibility index (Phi) is 37.9. The van der Waals surface area contributed by atoms with E-state index >= 15 is 0 Å². The lowest BCUT2D eigenvalue weighted by Crippen LogP contribution is -2.61. The molecular formula is C49H95NO12S. The molecule has 0 bridgehead atoms. The topological polar surface area (TPSA) is 212 Å². The third-order valence-corrected chi connectivity index (χ3v) is 12.9. The molecule has 13 nitrogen and oxygen atoms in total. The molecule has 1 fully saturated rings. The van der Waals surface area contributed by atoms with Gasteiger partial charge in [0.25, 0.3) is 0 Å². The molecule has 1 amide bonds. The average Bonchev–Trinajstić information content (AvgIpc) is 3.25. The summed E-state index contributed by atoms with van der Waals surface area (Å²) in [5.74, 6) is -0.698. The van der Waals surface area contributed by atoms with E-state index in [-0.39, 0.29) is 6.42 Å². The lowest BCUT2D eigenvalue weighted by atomic mass is 9.99. The minimum atomic E-state index is -5.12. The van der Waals surface area contributed by atoms with Gasteiger partial charge in [-0.05, 0) is 19.3 Å². The van der Waals surface area contributed by atoms with Gasteiger partial charge in [-0.2, -0.15) is 8.42 Å². The van der Waals surface area contributed by atoms with E-state index in [4.69, 9.17) is 9.47 Å². The van der Waals surface area contributed by atoms with Crippen LogP contribution in [0.5, 0.6) is 0 Å². The van der Waals surface area contributed by atoms with E-state index in [0.717, 1.165) is 38.5 Å². The lowest BCUT2D eigenvalue weighted by Gasteiger charge is -2.41. The minimum Gasteiger partial charge on any atom is -0.394 e. The zero-order chi connectivity index (χ0) is 46.4. The Hall–Kier alpha value is -1.20. The maximum absolute atomic E-state index is 13.1. The maximum Gasteiger partial charge on any atom is 0.397 e. The molecule has 374 valence electrons. The number of amides is 1. The first-order valence-electron chi connectivity index (χ1n) is 25.7. The van der Waals surface area contributed by atoms with Crippen LogP contribution in [0, 0.1) is 0 Å².